The van der Waals surface area contributed by atoms with Gasteiger partial charge in [0.2, 0.25) is 5.91 Å². The normalized spacial score (nSPS) is 22.0. The number of carbonyl (C=O) groups excluding carboxylic acids is 1. The monoisotopic (exact) mass is 326 g/mol. The van der Waals surface area contributed by atoms with Gasteiger partial charge in [-0.2, -0.15) is 11.3 Å². The number of amides is 1. The maximum atomic E-state index is 13.2. The molecular formula is C19H22N2OS. The fraction of sp³-hybridized carbons (Fsp3) is 0.421. The molecule has 2 aliphatic rings. The molecule has 1 aromatic heterocycles. The summed E-state index contributed by atoms with van der Waals surface area (Å²) in [6.45, 7) is 2.79. The lowest BCUT2D eigenvalue weighted by Gasteiger charge is -2.27. The van der Waals surface area contributed by atoms with Gasteiger partial charge >= 0.3 is 0 Å². The average molecular weight is 326 g/mol. The van der Waals surface area contributed by atoms with Crippen molar-refractivity contribution in [2.24, 2.45) is 11.3 Å². The van der Waals surface area contributed by atoms with Crippen LogP contribution in [0, 0.1) is 11.3 Å². The molecule has 4 heteroatoms. The maximum Gasteiger partial charge on any atom is 0.230 e. The minimum absolute atomic E-state index is 0.212. The van der Waals surface area contributed by atoms with Crippen LogP contribution in [0.25, 0.3) is 0 Å². The number of nitrogens with one attached hydrogen (secondary N) is 1. The summed E-state index contributed by atoms with van der Waals surface area (Å²) in [6, 6.07) is 12.2. The molecule has 1 saturated carbocycles. The van der Waals surface area contributed by atoms with Crippen molar-refractivity contribution in [1.82, 2.24) is 5.32 Å². The Labute approximate surface area is 141 Å². The molecule has 0 radical (unpaired) electrons. The lowest BCUT2D eigenvalue weighted by atomic mass is 9.91. The summed E-state index contributed by atoms with van der Waals surface area (Å²) < 4.78 is 0. The number of para-hydroxylation sites is 1. The van der Waals surface area contributed by atoms with E-state index in [2.05, 4.69) is 22.1 Å². The molecule has 1 aromatic carbocycles. The number of benzene rings is 1. The summed E-state index contributed by atoms with van der Waals surface area (Å²) >= 11 is 1.69. The van der Waals surface area contributed by atoms with Crippen LogP contribution in [0.3, 0.4) is 0 Å². The zero-order valence-corrected chi connectivity index (χ0v) is 14.0. The Hall–Kier alpha value is -1.65. The van der Waals surface area contributed by atoms with Gasteiger partial charge in [0, 0.05) is 11.6 Å². The number of carbonyl (C=O) groups is 1. The maximum absolute atomic E-state index is 13.2. The second-order valence-corrected chi connectivity index (χ2v) is 7.54. The van der Waals surface area contributed by atoms with E-state index in [9.17, 15) is 4.79 Å². The van der Waals surface area contributed by atoms with Crippen molar-refractivity contribution >= 4 is 22.9 Å². The van der Waals surface area contributed by atoms with E-state index in [1.54, 1.807) is 11.3 Å². The summed E-state index contributed by atoms with van der Waals surface area (Å²) in [6.07, 6.45) is 3.36. The van der Waals surface area contributed by atoms with E-state index in [1.165, 1.54) is 5.56 Å². The van der Waals surface area contributed by atoms with Gasteiger partial charge in [0.15, 0.2) is 0 Å². The molecule has 2 aromatic rings. The average Bonchev–Trinajstić information content (AvgIpc) is 3.04. The third kappa shape index (κ3) is 2.93. The van der Waals surface area contributed by atoms with Crippen LogP contribution in [0.15, 0.2) is 47.2 Å². The fourth-order valence-corrected chi connectivity index (χ4v) is 4.49. The first-order chi connectivity index (χ1) is 11.3. The highest BCUT2D eigenvalue weighted by molar-refractivity contribution is 7.07. The largest absolute Gasteiger partial charge is 0.317 e. The smallest absolute Gasteiger partial charge is 0.230 e. The summed E-state index contributed by atoms with van der Waals surface area (Å²) in [7, 11) is 0. The molecule has 2 fully saturated rings. The molecule has 1 spiro atoms. The van der Waals surface area contributed by atoms with Crippen LogP contribution < -0.4 is 10.2 Å². The Morgan fingerprint density at radius 2 is 2.00 bits per heavy atom. The van der Waals surface area contributed by atoms with Crippen molar-refractivity contribution < 1.29 is 4.79 Å². The lowest BCUT2D eigenvalue weighted by Crippen LogP contribution is -2.36. The van der Waals surface area contributed by atoms with Gasteiger partial charge in [0.05, 0.1) is 6.54 Å². The van der Waals surface area contributed by atoms with Crippen molar-refractivity contribution in [2.45, 2.75) is 25.8 Å². The van der Waals surface area contributed by atoms with Gasteiger partial charge in [-0.25, -0.2) is 0 Å². The molecule has 1 aliphatic carbocycles. The summed E-state index contributed by atoms with van der Waals surface area (Å²) in [4.78, 5) is 15.2. The number of thiophene rings is 1. The SMILES string of the molecule is O=C(C1CC12CCNCC2)N(Cc1ccsc1)c1ccccc1. The van der Waals surface area contributed by atoms with Crippen molar-refractivity contribution in [3.05, 3.63) is 52.7 Å². The first-order valence-corrected chi connectivity index (χ1v) is 9.31. The molecule has 1 atom stereocenters. The summed E-state index contributed by atoms with van der Waals surface area (Å²) in [5.74, 6) is 0.521. The number of rotatable bonds is 4. The quantitative estimate of drug-likeness (QED) is 0.930. The predicted molar refractivity (Wildman–Crippen MR) is 94.6 cm³/mol. The molecule has 1 saturated heterocycles. The first kappa shape index (κ1) is 14.9. The van der Waals surface area contributed by atoms with Gasteiger partial charge in [0.1, 0.15) is 0 Å². The number of anilines is 1. The molecule has 23 heavy (non-hydrogen) atoms. The third-order valence-electron chi connectivity index (χ3n) is 5.34. The van der Waals surface area contributed by atoms with Gasteiger partial charge in [-0.1, -0.05) is 18.2 Å². The summed E-state index contributed by atoms with van der Waals surface area (Å²) in [5, 5.41) is 7.63. The number of nitrogens with zero attached hydrogens (tertiary/aromatic N) is 1. The number of hydrogen-bond donors (Lipinski definition) is 1. The molecule has 4 rings (SSSR count). The standard InChI is InChI=1S/C19H22N2OS/c22-18(17-12-19(17)7-9-20-10-8-19)21(13-15-6-11-23-14-15)16-4-2-1-3-5-16/h1-6,11,14,17,20H,7-10,12-13H2. The Bertz CT molecular complexity index is 662. The molecule has 1 N–H and O–H groups in total. The zero-order chi connectivity index (χ0) is 15.7. The topological polar surface area (TPSA) is 32.3 Å². The van der Waals surface area contributed by atoms with Crippen molar-refractivity contribution in [2.75, 3.05) is 18.0 Å². The van der Waals surface area contributed by atoms with E-state index >= 15 is 0 Å². The molecule has 1 unspecified atom stereocenters. The van der Waals surface area contributed by atoms with E-state index < -0.39 is 0 Å². The van der Waals surface area contributed by atoms with Crippen LogP contribution in [0.4, 0.5) is 5.69 Å². The van der Waals surface area contributed by atoms with Crippen LogP contribution in [-0.4, -0.2) is 19.0 Å². The highest BCUT2D eigenvalue weighted by atomic mass is 32.1. The van der Waals surface area contributed by atoms with Crippen LogP contribution in [0.2, 0.25) is 0 Å². The molecule has 120 valence electrons. The van der Waals surface area contributed by atoms with Crippen LogP contribution in [0.5, 0.6) is 0 Å². The van der Waals surface area contributed by atoms with Gasteiger partial charge < -0.3 is 10.2 Å². The molecule has 1 amide bonds. The second kappa shape index (κ2) is 6.10. The Balaban J connectivity index is 1.56. The van der Waals surface area contributed by atoms with E-state index in [0.29, 0.717) is 12.5 Å². The highest BCUT2D eigenvalue weighted by Crippen LogP contribution is 2.59. The number of hydrogen-bond acceptors (Lipinski definition) is 3. The van der Waals surface area contributed by atoms with Gasteiger partial charge in [0.25, 0.3) is 0 Å². The summed E-state index contributed by atoms with van der Waals surface area (Å²) in [5.41, 5.74) is 2.51. The van der Waals surface area contributed by atoms with Crippen LogP contribution >= 0.6 is 11.3 Å². The minimum Gasteiger partial charge on any atom is -0.317 e. The predicted octanol–water partition coefficient (Wildman–Crippen LogP) is 3.67. The van der Waals surface area contributed by atoms with Crippen molar-refractivity contribution in [3.8, 4) is 0 Å². The highest BCUT2D eigenvalue weighted by Gasteiger charge is 2.58. The third-order valence-corrected chi connectivity index (χ3v) is 6.07. The minimum atomic E-state index is 0.212. The van der Waals surface area contributed by atoms with Crippen LogP contribution in [0.1, 0.15) is 24.8 Å². The second-order valence-electron chi connectivity index (χ2n) is 6.76. The fourth-order valence-electron chi connectivity index (χ4n) is 3.83. The molecule has 2 heterocycles. The van der Waals surface area contributed by atoms with Crippen LogP contribution in [-0.2, 0) is 11.3 Å². The van der Waals surface area contributed by atoms with Crippen molar-refractivity contribution in [3.63, 3.8) is 0 Å². The van der Waals surface area contributed by atoms with Gasteiger partial charge in [-0.05, 0) is 72.3 Å². The van der Waals surface area contributed by atoms with E-state index in [-0.39, 0.29) is 11.3 Å². The van der Waals surface area contributed by atoms with E-state index in [1.807, 2.05) is 35.2 Å². The lowest BCUT2D eigenvalue weighted by molar-refractivity contribution is -0.120. The van der Waals surface area contributed by atoms with E-state index in [0.717, 1.165) is 38.0 Å². The molecule has 0 bridgehead atoms. The Morgan fingerprint density at radius 1 is 1.22 bits per heavy atom. The molecular weight excluding hydrogens is 304 g/mol. The van der Waals surface area contributed by atoms with Crippen molar-refractivity contribution in [1.29, 1.82) is 0 Å². The van der Waals surface area contributed by atoms with E-state index in [4.69, 9.17) is 0 Å². The van der Waals surface area contributed by atoms with Gasteiger partial charge in [-0.3, -0.25) is 4.79 Å². The Morgan fingerprint density at radius 3 is 2.70 bits per heavy atom. The molecule has 3 nitrogen and oxygen atoms in total. The number of piperidine rings is 1. The molecule has 1 aliphatic heterocycles. The Kier molecular flexibility index (Phi) is 3.95. The van der Waals surface area contributed by atoms with Gasteiger partial charge in [-0.15, -0.1) is 0 Å². The first-order valence-electron chi connectivity index (χ1n) is 8.37. The zero-order valence-electron chi connectivity index (χ0n) is 13.2.